The van der Waals surface area contributed by atoms with Crippen LogP contribution in [-0.4, -0.2) is 0 Å². The average molecular weight is 353 g/mol. The molecule has 0 heteroatoms. The molecule has 0 amide bonds. The highest BCUT2D eigenvalue weighted by Gasteiger charge is 1.98. The van der Waals surface area contributed by atoms with Crippen molar-refractivity contribution >= 4 is 5.57 Å². The van der Waals surface area contributed by atoms with E-state index in [2.05, 4.69) is 109 Å². The molecule has 0 aromatic heterocycles. The summed E-state index contributed by atoms with van der Waals surface area (Å²) in [6.07, 6.45) is 12.6. The van der Waals surface area contributed by atoms with Gasteiger partial charge in [0.25, 0.3) is 0 Å². The van der Waals surface area contributed by atoms with Crippen LogP contribution in [0, 0.1) is 0 Å². The van der Waals surface area contributed by atoms with Crippen molar-refractivity contribution in [2.75, 3.05) is 0 Å². The molecule has 0 unspecified atom stereocenters. The minimum absolute atomic E-state index is 1.07. The fraction of sp³-hybridized carbons (Fsp3) is 0.185. The van der Waals surface area contributed by atoms with Crippen LogP contribution in [0.3, 0.4) is 0 Å². The summed E-state index contributed by atoms with van der Waals surface area (Å²) < 4.78 is 0. The Labute approximate surface area is 163 Å². The van der Waals surface area contributed by atoms with Gasteiger partial charge in [-0.2, -0.15) is 0 Å². The van der Waals surface area contributed by atoms with Crippen LogP contribution < -0.4 is 0 Å². The molecule has 0 atom stereocenters. The second-order valence-electron chi connectivity index (χ2n) is 6.83. The van der Waals surface area contributed by atoms with Gasteiger partial charge in [0.2, 0.25) is 0 Å². The standard InChI is InChI=1S/C27H28/c1-4-14-24(15-5-1)18-10-12-22-27(26-20-8-3-9-21-26)23-13-11-19-25-16-6-2-7-17-25/h1-9,12,14-17,20-23H,10-11,13,18-19H2/b22-12+,27-23-. The van der Waals surface area contributed by atoms with E-state index in [1.165, 1.54) is 28.7 Å². The second kappa shape index (κ2) is 11.0. The number of hydrogen-bond acceptors (Lipinski definition) is 0. The van der Waals surface area contributed by atoms with Crippen LogP contribution in [0.4, 0.5) is 0 Å². The molecule has 0 nitrogen and oxygen atoms in total. The molecule has 0 N–H and O–H groups in total. The second-order valence-corrected chi connectivity index (χ2v) is 6.83. The lowest BCUT2D eigenvalue weighted by Crippen LogP contribution is -1.86. The van der Waals surface area contributed by atoms with E-state index in [-0.39, 0.29) is 0 Å². The van der Waals surface area contributed by atoms with Crippen LogP contribution in [0.25, 0.3) is 5.57 Å². The molecule has 0 saturated carbocycles. The first kappa shape index (κ1) is 18.9. The SMILES string of the molecule is C(/CCCc1ccccc1)=C(\C=C\CCc1ccccc1)c1ccccc1. The normalized spacial score (nSPS) is 11.8. The minimum Gasteiger partial charge on any atom is -0.0836 e. The number of allylic oxidation sites excluding steroid dienone is 4. The summed E-state index contributed by atoms with van der Waals surface area (Å²) in [5.74, 6) is 0. The van der Waals surface area contributed by atoms with E-state index in [9.17, 15) is 0 Å². The quantitative estimate of drug-likeness (QED) is 0.280. The van der Waals surface area contributed by atoms with Crippen molar-refractivity contribution in [3.05, 3.63) is 126 Å². The summed E-state index contributed by atoms with van der Waals surface area (Å²) in [5, 5.41) is 0. The maximum atomic E-state index is 2.39. The lowest BCUT2D eigenvalue weighted by Gasteiger charge is -2.04. The van der Waals surface area contributed by atoms with Gasteiger partial charge in [-0.25, -0.2) is 0 Å². The average Bonchev–Trinajstić information content (AvgIpc) is 2.75. The smallest absolute Gasteiger partial charge is 0.0187 e. The Morgan fingerprint density at radius 3 is 1.78 bits per heavy atom. The molecular formula is C27H28. The number of rotatable bonds is 9. The first-order valence-electron chi connectivity index (χ1n) is 9.92. The van der Waals surface area contributed by atoms with Crippen molar-refractivity contribution in [3.8, 4) is 0 Å². The van der Waals surface area contributed by atoms with Crippen molar-refractivity contribution < 1.29 is 0 Å². The molecule has 0 aliphatic carbocycles. The highest BCUT2D eigenvalue weighted by Crippen LogP contribution is 2.18. The van der Waals surface area contributed by atoms with Crippen molar-refractivity contribution in [2.24, 2.45) is 0 Å². The van der Waals surface area contributed by atoms with E-state index in [1.807, 2.05) is 0 Å². The Hall–Kier alpha value is -2.86. The third-order valence-corrected chi connectivity index (χ3v) is 4.72. The van der Waals surface area contributed by atoms with E-state index in [0.29, 0.717) is 0 Å². The fourth-order valence-electron chi connectivity index (χ4n) is 3.23. The Morgan fingerprint density at radius 2 is 1.15 bits per heavy atom. The molecule has 0 spiro atoms. The van der Waals surface area contributed by atoms with Gasteiger partial charge in [-0.15, -0.1) is 0 Å². The van der Waals surface area contributed by atoms with Crippen LogP contribution in [0.15, 0.2) is 109 Å². The van der Waals surface area contributed by atoms with Gasteiger partial charge in [0.05, 0.1) is 0 Å². The van der Waals surface area contributed by atoms with Crippen molar-refractivity contribution in [3.63, 3.8) is 0 Å². The topological polar surface area (TPSA) is 0 Å². The number of hydrogen-bond donors (Lipinski definition) is 0. The van der Waals surface area contributed by atoms with E-state index in [1.54, 1.807) is 0 Å². The third-order valence-electron chi connectivity index (χ3n) is 4.72. The maximum absolute atomic E-state index is 2.39. The molecule has 0 heterocycles. The van der Waals surface area contributed by atoms with Crippen LogP contribution in [0.1, 0.15) is 36.0 Å². The number of benzene rings is 3. The van der Waals surface area contributed by atoms with Gasteiger partial charge in [-0.1, -0.05) is 109 Å². The molecule has 3 rings (SSSR count). The zero-order valence-corrected chi connectivity index (χ0v) is 15.9. The Balaban J connectivity index is 1.58. The van der Waals surface area contributed by atoms with Crippen LogP contribution in [0.5, 0.6) is 0 Å². The highest BCUT2D eigenvalue weighted by molar-refractivity contribution is 5.73. The van der Waals surface area contributed by atoms with Gasteiger partial charge >= 0.3 is 0 Å². The van der Waals surface area contributed by atoms with Crippen molar-refractivity contribution in [1.82, 2.24) is 0 Å². The van der Waals surface area contributed by atoms with Gasteiger partial charge in [-0.3, -0.25) is 0 Å². The van der Waals surface area contributed by atoms with E-state index >= 15 is 0 Å². The molecule has 3 aromatic rings. The van der Waals surface area contributed by atoms with Gasteiger partial charge in [-0.05, 0) is 54.4 Å². The number of aryl methyl sites for hydroxylation is 2. The largest absolute Gasteiger partial charge is 0.0836 e. The molecule has 0 aliphatic rings. The molecule has 0 bridgehead atoms. The molecule has 0 radical (unpaired) electrons. The molecule has 0 aliphatic heterocycles. The van der Waals surface area contributed by atoms with Gasteiger partial charge in [0.15, 0.2) is 0 Å². The summed E-state index contributed by atoms with van der Waals surface area (Å²) >= 11 is 0. The molecule has 0 fully saturated rings. The monoisotopic (exact) mass is 352 g/mol. The highest BCUT2D eigenvalue weighted by atomic mass is 14.0. The van der Waals surface area contributed by atoms with E-state index in [4.69, 9.17) is 0 Å². The van der Waals surface area contributed by atoms with Crippen LogP contribution >= 0.6 is 0 Å². The number of unbranched alkanes of at least 4 members (excludes halogenated alkanes) is 1. The maximum Gasteiger partial charge on any atom is -0.0187 e. The third kappa shape index (κ3) is 6.75. The molecule has 27 heavy (non-hydrogen) atoms. The van der Waals surface area contributed by atoms with Crippen molar-refractivity contribution in [2.45, 2.75) is 32.1 Å². The summed E-state index contributed by atoms with van der Waals surface area (Å²) in [7, 11) is 0. The Morgan fingerprint density at radius 1 is 0.593 bits per heavy atom. The lowest BCUT2D eigenvalue weighted by atomic mass is 10.0. The zero-order chi connectivity index (χ0) is 18.6. The predicted octanol–water partition coefficient (Wildman–Crippen LogP) is 7.28. The molecule has 136 valence electrons. The predicted molar refractivity (Wildman–Crippen MR) is 118 cm³/mol. The first-order valence-corrected chi connectivity index (χ1v) is 9.92. The minimum atomic E-state index is 1.07. The molecular weight excluding hydrogens is 324 g/mol. The van der Waals surface area contributed by atoms with Gasteiger partial charge in [0.1, 0.15) is 0 Å². The summed E-state index contributed by atoms with van der Waals surface area (Å²) in [6, 6.07) is 32.2. The van der Waals surface area contributed by atoms with Crippen molar-refractivity contribution in [1.29, 1.82) is 0 Å². The van der Waals surface area contributed by atoms with E-state index < -0.39 is 0 Å². The molecule has 3 aromatic carbocycles. The zero-order valence-electron chi connectivity index (χ0n) is 15.9. The van der Waals surface area contributed by atoms with E-state index in [0.717, 1.165) is 25.7 Å². The molecule has 0 saturated heterocycles. The Kier molecular flexibility index (Phi) is 7.69. The lowest BCUT2D eigenvalue weighted by molar-refractivity contribution is 0.844. The van der Waals surface area contributed by atoms with Gasteiger partial charge < -0.3 is 0 Å². The first-order chi connectivity index (χ1) is 13.4. The van der Waals surface area contributed by atoms with Crippen LogP contribution in [0.2, 0.25) is 0 Å². The van der Waals surface area contributed by atoms with Crippen LogP contribution in [-0.2, 0) is 12.8 Å². The Bertz CT molecular complexity index is 827. The fourth-order valence-corrected chi connectivity index (χ4v) is 3.23. The summed E-state index contributed by atoms with van der Waals surface area (Å²) in [4.78, 5) is 0. The summed E-state index contributed by atoms with van der Waals surface area (Å²) in [6.45, 7) is 0. The van der Waals surface area contributed by atoms with Gasteiger partial charge in [0, 0.05) is 0 Å². The summed E-state index contributed by atoms with van der Waals surface area (Å²) in [5.41, 5.74) is 5.45.